The number of nitrogens with one attached hydrogen (secondary N) is 1. The SMILES string of the molecule is O=C(O)[C@H]1C[C@H](N2Cc3ccccc3C2=O)c2c(Cl)cc(Cl)cc2N1. The van der Waals surface area contributed by atoms with Gasteiger partial charge in [-0.05, 0) is 23.8 Å². The molecule has 0 fully saturated rings. The van der Waals surface area contributed by atoms with Crippen molar-refractivity contribution < 1.29 is 14.7 Å². The fraction of sp³-hybridized carbons (Fsp3) is 0.222. The van der Waals surface area contributed by atoms with E-state index in [1.165, 1.54) is 0 Å². The number of hydrogen-bond donors (Lipinski definition) is 2. The number of carboxylic acid groups (broad SMARTS) is 1. The van der Waals surface area contributed by atoms with E-state index in [9.17, 15) is 14.7 Å². The summed E-state index contributed by atoms with van der Waals surface area (Å²) in [6, 6.07) is 9.43. The van der Waals surface area contributed by atoms with Crippen LogP contribution in [0.3, 0.4) is 0 Å². The molecule has 7 heteroatoms. The third-order valence-electron chi connectivity index (χ3n) is 4.74. The van der Waals surface area contributed by atoms with E-state index in [1.54, 1.807) is 23.1 Å². The number of fused-ring (bicyclic) bond motifs is 2. The summed E-state index contributed by atoms with van der Waals surface area (Å²) in [5, 5.41) is 13.3. The Balaban J connectivity index is 1.80. The second kappa shape index (κ2) is 5.93. The fourth-order valence-electron chi connectivity index (χ4n) is 3.60. The lowest BCUT2D eigenvalue weighted by Gasteiger charge is -2.37. The summed E-state index contributed by atoms with van der Waals surface area (Å²) >= 11 is 12.5. The van der Waals surface area contributed by atoms with Crippen LogP contribution in [0.25, 0.3) is 0 Å². The van der Waals surface area contributed by atoms with E-state index in [2.05, 4.69) is 5.32 Å². The summed E-state index contributed by atoms with van der Waals surface area (Å²) < 4.78 is 0. The van der Waals surface area contributed by atoms with Crippen molar-refractivity contribution in [2.24, 2.45) is 0 Å². The van der Waals surface area contributed by atoms with Gasteiger partial charge in [0.1, 0.15) is 6.04 Å². The molecule has 2 aromatic rings. The summed E-state index contributed by atoms with van der Waals surface area (Å²) in [4.78, 5) is 26.1. The summed E-state index contributed by atoms with van der Waals surface area (Å²) in [7, 11) is 0. The normalized spacial score (nSPS) is 21.5. The van der Waals surface area contributed by atoms with E-state index in [0.717, 1.165) is 5.56 Å². The molecule has 0 aromatic heterocycles. The lowest BCUT2D eigenvalue weighted by Crippen LogP contribution is -2.41. The molecule has 2 heterocycles. The molecule has 0 radical (unpaired) electrons. The highest BCUT2D eigenvalue weighted by Gasteiger charge is 2.40. The van der Waals surface area contributed by atoms with E-state index < -0.39 is 18.1 Å². The topological polar surface area (TPSA) is 69.6 Å². The van der Waals surface area contributed by atoms with Gasteiger partial charge in [0.05, 0.1) is 6.04 Å². The van der Waals surface area contributed by atoms with Gasteiger partial charge in [0.2, 0.25) is 0 Å². The maximum absolute atomic E-state index is 12.8. The molecule has 25 heavy (non-hydrogen) atoms. The highest BCUT2D eigenvalue weighted by molar-refractivity contribution is 6.35. The first-order valence-electron chi connectivity index (χ1n) is 7.83. The van der Waals surface area contributed by atoms with Crippen LogP contribution < -0.4 is 5.32 Å². The molecule has 0 unspecified atom stereocenters. The molecule has 5 nitrogen and oxygen atoms in total. The maximum atomic E-state index is 12.8. The second-order valence-electron chi connectivity index (χ2n) is 6.23. The molecular weight excluding hydrogens is 363 g/mol. The average molecular weight is 377 g/mol. The predicted octanol–water partition coefficient (Wildman–Crippen LogP) is 3.96. The van der Waals surface area contributed by atoms with Crippen LogP contribution in [0.4, 0.5) is 5.69 Å². The van der Waals surface area contributed by atoms with Crippen LogP contribution in [0.1, 0.15) is 33.9 Å². The molecule has 0 spiro atoms. The molecule has 2 N–H and O–H groups in total. The van der Waals surface area contributed by atoms with E-state index >= 15 is 0 Å². The first-order chi connectivity index (χ1) is 12.0. The van der Waals surface area contributed by atoms with Crippen LogP contribution in [0.2, 0.25) is 10.0 Å². The monoisotopic (exact) mass is 376 g/mol. The number of benzene rings is 2. The molecular formula is C18H14Cl2N2O3. The van der Waals surface area contributed by atoms with E-state index in [-0.39, 0.29) is 12.3 Å². The molecule has 0 saturated heterocycles. The number of aliphatic carboxylic acids is 1. The highest BCUT2D eigenvalue weighted by atomic mass is 35.5. The molecule has 0 aliphatic carbocycles. The Labute approximate surface area is 154 Å². The third kappa shape index (κ3) is 2.64. The average Bonchev–Trinajstić information content (AvgIpc) is 2.90. The molecule has 1 amide bonds. The number of carbonyl (C=O) groups excluding carboxylic acids is 1. The molecule has 2 atom stereocenters. The Kier molecular flexibility index (Phi) is 3.85. The van der Waals surface area contributed by atoms with Crippen LogP contribution in [0.5, 0.6) is 0 Å². The number of carbonyl (C=O) groups is 2. The van der Waals surface area contributed by atoms with Crippen molar-refractivity contribution >= 4 is 40.8 Å². The van der Waals surface area contributed by atoms with Crippen LogP contribution in [-0.4, -0.2) is 27.9 Å². The predicted molar refractivity (Wildman–Crippen MR) is 95.2 cm³/mol. The van der Waals surface area contributed by atoms with Gasteiger partial charge in [-0.1, -0.05) is 41.4 Å². The van der Waals surface area contributed by atoms with Gasteiger partial charge in [-0.25, -0.2) is 4.79 Å². The molecule has 0 saturated carbocycles. The van der Waals surface area contributed by atoms with Crippen molar-refractivity contribution in [3.8, 4) is 0 Å². The molecule has 0 bridgehead atoms. The molecule has 2 aromatic carbocycles. The fourth-order valence-corrected chi connectivity index (χ4v) is 4.22. The largest absolute Gasteiger partial charge is 0.480 e. The quantitative estimate of drug-likeness (QED) is 0.831. The Hall–Kier alpha value is -2.24. The smallest absolute Gasteiger partial charge is 0.326 e. The van der Waals surface area contributed by atoms with E-state index in [1.807, 2.05) is 18.2 Å². The first kappa shape index (κ1) is 16.2. The number of anilines is 1. The van der Waals surface area contributed by atoms with E-state index in [4.69, 9.17) is 23.2 Å². The molecule has 4 rings (SSSR count). The lowest BCUT2D eigenvalue weighted by atomic mass is 9.91. The zero-order chi connectivity index (χ0) is 17.7. The minimum atomic E-state index is -0.976. The molecule has 2 aliphatic rings. The van der Waals surface area contributed by atoms with Crippen LogP contribution >= 0.6 is 23.2 Å². The van der Waals surface area contributed by atoms with Crippen molar-refractivity contribution in [2.45, 2.75) is 25.0 Å². The second-order valence-corrected chi connectivity index (χ2v) is 7.07. The number of rotatable bonds is 2. The van der Waals surface area contributed by atoms with Gasteiger partial charge in [-0.2, -0.15) is 0 Å². The first-order valence-corrected chi connectivity index (χ1v) is 8.58. The maximum Gasteiger partial charge on any atom is 0.326 e. The van der Waals surface area contributed by atoms with Crippen LogP contribution in [0.15, 0.2) is 36.4 Å². The third-order valence-corrected chi connectivity index (χ3v) is 5.27. The molecule has 2 aliphatic heterocycles. The van der Waals surface area contributed by atoms with Crippen molar-refractivity contribution in [2.75, 3.05) is 5.32 Å². The number of nitrogens with zero attached hydrogens (tertiary/aromatic N) is 1. The van der Waals surface area contributed by atoms with Crippen molar-refractivity contribution in [1.82, 2.24) is 4.90 Å². The zero-order valence-corrected chi connectivity index (χ0v) is 14.5. The Morgan fingerprint density at radius 1 is 1.24 bits per heavy atom. The van der Waals surface area contributed by atoms with Gasteiger partial charge >= 0.3 is 5.97 Å². The van der Waals surface area contributed by atoms with Gasteiger partial charge in [0, 0.05) is 39.8 Å². The van der Waals surface area contributed by atoms with Crippen LogP contribution in [0, 0.1) is 0 Å². The lowest BCUT2D eigenvalue weighted by molar-refractivity contribution is -0.138. The Morgan fingerprint density at radius 2 is 2.00 bits per heavy atom. The molecule has 128 valence electrons. The summed E-state index contributed by atoms with van der Waals surface area (Å²) in [5.74, 6) is -1.08. The number of amides is 1. The zero-order valence-electron chi connectivity index (χ0n) is 13.0. The van der Waals surface area contributed by atoms with Crippen LogP contribution in [-0.2, 0) is 11.3 Å². The summed E-state index contributed by atoms with van der Waals surface area (Å²) in [6.45, 7) is 0.435. The highest BCUT2D eigenvalue weighted by Crippen LogP contribution is 2.45. The summed E-state index contributed by atoms with van der Waals surface area (Å²) in [6.07, 6.45) is 0.239. The van der Waals surface area contributed by atoms with Gasteiger partial charge in [-0.3, -0.25) is 4.79 Å². The van der Waals surface area contributed by atoms with Gasteiger partial charge in [0.25, 0.3) is 5.91 Å². The number of carboxylic acids is 1. The Morgan fingerprint density at radius 3 is 2.72 bits per heavy atom. The Bertz CT molecular complexity index is 900. The van der Waals surface area contributed by atoms with Gasteiger partial charge in [-0.15, -0.1) is 0 Å². The van der Waals surface area contributed by atoms with Crippen molar-refractivity contribution in [3.05, 3.63) is 63.1 Å². The van der Waals surface area contributed by atoms with Gasteiger partial charge < -0.3 is 15.3 Å². The minimum Gasteiger partial charge on any atom is -0.480 e. The standard InChI is InChI=1S/C18H14Cl2N2O3/c19-10-5-12(20)16-13(6-10)21-14(18(24)25)7-15(16)22-8-9-3-1-2-4-11(9)17(22)23/h1-6,14-15,21H,7-8H2,(H,24,25)/t14-,15+/m1/s1. The minimum absolute atomic E-state index is 0.108. The van der Waals surface area contributed by atoms with E-state index in [0.29, 0.717) is 33.4 Å². The van der Waals surface area contributed by atoms with Crippen molar-refractivity contribution in [3.63, 3.8) is 0 Å². The number of hydrogen-bond acceptors (Lipinski definition) is 3. The summed E-state index contributed by atoms with van der Waals surface area (Å²) in [5.41, 5.74) is 2.86. The van der Waals surface area contributed by atoms with Gasteiger partial charge in [0.15, 0.2) is 0 Å². The van der Waals surface area contributed by atoms with Crippen molar-refractivity contribution in [1.29, 1.82) is 0 Å². The number of halogens is 2.